The lowest BCUT2D eigenvalue weighted by molar-refractivity contribution is -0.120. The van der Waals surface area contributed by atoms with Gasteiger partial charge in [0.15, 0.2) is 0 Å². The van der Waals surface area contributed by atoms with Crippen molar-refractivity contribution in [2.24, 2.45) is 0 Å². The van der Waals surface area contributed by atoms with E-state index in [0.717, 1.165) is 37.5 Å². The number of amides is 1. The van der Waals surface area contributed by atoms with Crippen molar-refractivity contribution in [3.8, 4) is 0 Å². The molecule has 0 saturated carbocycles. The average Bonchev–Trinajstić information content (AvgIpc) is 2.69. The first kappa shape index (κ1) is 17.7. The van der Waals surface area contributed by atoms with Gasteiger partial charge in [0, 0.05) is 18.0 Å². The SMILES string of the molecule is N=CC1=C2N/C=C/BCCC3NCN2C(CCc2ncc(F)cc23)NC1=O. The van der Waals surface area contributed by atoms with Gasteiger partial charge in [-0.15, -0.1) is 5.98 Å². The van der Waals surface area contributed by atoms with E-state index in [-0.39, 0.29) is 23.9 Å². The molecule has 140 valence electrons. The van der Waals surface area contributed by atoms with Gasteiger partial charge in [0.05, 0.1) is 18.4 Å². The Kier molecular flexibility index (Phi) is 4.93. The molecule has 4 heterocycles. The first-order chi connectivity index (χ1) is 13.2. The summed E-state index contributed by atoms with van der Waals surface area (Å²) in [5.41, 5.74) is 2.07. The van der Waals surface area contributed by atoms with Crippen LogP contribution in [0.1, 0.15) is 30.1 Å². The molecule has 7 nitrogen and oxygen atoms in total. The van der Waals surface area contributed by atoms with Gasteiger partial charge in [-0.1, -0.05) is 6.32 Å². The van der Waals surface area contributed by atoms with E-state index in [0.29, 0.717) is 30.9 Å². The van der Waals surface area contributed by atoms with Gasteiger partial charge in [-0.05, 0) is 37.1 Å². The maximum absolute atomic E-state index is 13.9. The maximum atomic E-state index is 13.9. The Morgan fingerprint density at radius 2 is 2.30 bits per heavy atom. The van der Waals surface area contributed by atoms with Crippen LogP contribution in [0.5, 0.6) is 0 Å². The number of hydrogen-bond acceptors (Lipinski definition) is 6. The smallest absolute Gasteiger partial charge is 0.258 e. The van der Waals surface area contributed by atoms with E-state index in [1.54, 1.807) is 6.07 Å². The molecular weight excluding hydrogens is 346 g/mol. The summed E-state index contributed by atoms with van der Waals surface area (Å²) in [6.45, 7) is 0.471. The first-order valence-corrected chi connectivity index (χ1v) is 9.29. The van der Waals surface area contributed by atoms with Crippen LogP contribution in [0.3, 0.4) is 0 Å². The van der Waals surface area contributed by atoms with Gasteiger partial charge >= 0.3 is 0 Å². The molecule has 3 aliphatic rings. The average molecular weight is 368 g/mol. The van der Waals surface area contributed by atoms with Gasteiger partial charge in [-0.25, -0.2) is 4.39 Å². The molecule has 1 amide bonds. The summed E-state index contributed by atoms with van der Waals surface area (Å²) < 4.78 is 13.9. The third-order valence-corrected chi connectivity index (χ3v) is 5.32. The van der Waals surface area contributed by atoms with Crippen molar-refractivity contribution in [3.05, 3.63) is 52.9 Å². The molecule has 1 aromatic rings. The summed E-state index contributed by atoms with van der Waals surface area (Å²) in [6.07, 6.45) is 7.04. The number of halogens is 1. The van der Waals surface area contributed by atoms with E-state index in [4.69, 9.17) is 5.41 Å². The van der Waals surface area contributed by atoms with E-state index < -0.39 is 0 Å². The summed E-state index contributed by atoms with van der Waals surface area (Å²) in [5, 5.41) is 17.4. The van der Waals surface area contributed by atoms with Crippen molar-refractivity contribution in [2.45, 2.75) is 37.8 Å². The molecule has 0 aliphatic carbocycles. The topological polar surface area (TPSA) is 93.1 Å². The predicted octanol–water partition coefficient (Wildman–Crippen LogP) is 0.693. The zero-order chi connectivity index (χ0) is 18.8. The zero-order valence-corrected chi connectivity index (χ0v) is 15.0. The second-order valence-electron chi connectivity index (χ2n) is 6.99. The lowest BCUT2D eigenvalue weighted by Crippen LogP contribution is -2.57. The lowest BCUT2D eigenvalue weighted by atomic mass is 9.72. The van der Waals surface area contributed by atoms with Crippen molar-refractivity contribution in [1.82, 2.24) is 25.8 Å². The third-order valence-electron chi connectivity index (χ3n) is 5.32. The minimum atomic E-state index is -0.330. The Labute approximate surface area is 157 Å². The van der Waals surface area contributed by atoms with Gasteiger partial charge in [0.1, 0.15) is 25.1 Å². The monoisotopic (exact) mass is 368 g/mol. The van der Waals surface area contributed by atoms with Gasteiger partial charge in [0.2, 0.25) is 0 Å². The largest absolute Gasteiger partial charge is 0.349 e. The minimum absolute atomic E-state index is 0.0178. The van der Waals surface area contributed by atoms with Gasteiger partial charge < -0.3 is 20.9 Å². The number of carbonyl (C=O) groups excluding carboxylic acids is 1. The molecule has 9 heteroatoms. The zero-order valence-electron chi connectivity index (χ0n) is 15.0. The molecule has 1 aromatic heterocycles. The maximum Gasteiger partial charge on any atom is 0.258 e. The number of carbonyl (C=O) groups is 1. The highest BCUT2D eigenvalue weighted by Gasteiger charge is 2.34. The molecule has 3 aliphatic heterocycles. The van der Waals surface area contributed by atoms with Crippen LogP contribution in [0.2, 0.25) is 6.32 Å². The number of rotatable bonds is 1. The summed E-state index contributed by atoms with van der Waals surface area (Å²) in [6, 6.07) is 1.56. The number of aromatic nitrogens is 1. The van der Waals surface area contributed by atoms with Crippen LogP contribution in [-0.4, -0.2) is 42.1 Å². The number of fused-ring (bicyclic) bond motifs is 4. The quantitative estimate of drug-likeness (QED) is 0.433. The van der Waals surface area contributed by atoms with E-state index in [2.05, 4.69) is 20.9 Å². The van der Waals surface area contributed by atoms with Crippen LogP contribution in [0.4, 0.5) is 4.39 Å². The lowest BCUT2D eigenvalue weighted by Gasteiger charge is -2.40. The van der Waals surface area contributed by atoms with Crippen molar-refractivity contribution < 1.29 is 9.18 Å². The second kappa shape index (κ2) is 7.52. The molecule has 27 heavy (non-hydrogen) atoms. The highest BCUT2D eigenvalue weighted by Crippen LogP contribution is 2.28. The van der Waals surface area contributed by atoms with Crippen molar-refractivity contribution >= 4 is 19.4 Å². The van der Waals surface area contributed by atoms with Crippen molar-refractivity contribution in [3.63, 3.8) is 0 Å². The fourth-order valence-corrected chi connectivity index (χ4v) is 3.94. The molecule has 2 atom stereocenters. The predicted molar refractivity (Wildman–Crippen MR) is 102 cm³/mol. The Hall–Kier alpha value is -2.68. The minimum Gasteiger partial charge on any atom is -0.349 e. The highest BCUT2D eigenvalue weighted by molar-refractivity contribution is 6.41. The van der Waals surface area contributed by atoms with Crippen LogP contribution in [-0.2, 0) is 11.2 Å². The molecule has 0 spiro atoms. The Balaban J connectivity index is 1.79. The summed E-state index contributed by atoms with van der Waals surface area (Å²) >= 11 is 0. The third kappa shape index (κ3) is 3.47. The molecule has 2 unspecified atom stereocenters. The Bertz CT molecular complexity index is 826. The Morgan fingerprint density at radius 1 is 1.41 bits per heavy atom. The highest BCUT2D eigenvalue weighted by atomic mass is 19.1. The molecule has 0 saturated heterocycles. The van der Waals surface area contributed by atoms with Crippen LogP contribution in [0.25, 0.3) is 0 Å². The number of pyridine rings is 1. The fraction of sp³-hybridized carbons (Fsp3) is 0.389. The van der Waals surface area contributed by atoms with Crippen LogP contribution < -0.4 is 16.0 Å². The van der Waals surface area contributed by atoms with E-state index in [1.807, 2.05) is 17.1 Å². The molecule has 4 N–H and O–H groups in total. The molecule has 4 rings (SSSR count). The van der Waals surface area contributed by atoms with E-state index >= 15 is 0 Å². The molecular formula is C18H22BFN6O. The molecule has 2 bridgehead atoms. The molecule has 0 fully saturated rings. The van der Waals surface area contributed by atoms with Crippen molar-refractivity contribution in [1.29, 1.82) is 5.41 Å². The molecule has 0 aromatic carbocycles. The van der Waals surface area contributed by atoms with Crippen LogP contribution in [0.15, 0.2) is 35.8 Å². The standard InChI is InChI=1S/C18H22BFN6O/c20-11-7-12-14(23-9-11)1-2-16-25-18(27)13(8-21)17-22-6-5-19-4-3-15(12)24-10-26(16)17/h5-9,15-16,19,21-22,24H,1-4,10H2,(H,25,27)/b6-5+,21-8?. The number of aryl methyl sites for hydroxylation is 1. The van der Waals surface area contributed by atoms with Crippen LogP contribution in [0, 0.1) is 11.2 Å². The summed E-state index contributed by atoms with van der Waals surface area (Å²) in [4.78, 5) is 18.8. The summed E-state index contributed by atoms with van der Waals surface area (Å²) in [7, 11) is 0.867. The fourth-order valence-electron chi connectivity index (χ4n) is 3.94. The molecule has 0 radical (unpaired) electrons. The van der Waals surface area contributed by atoms with Crippen LogP contribution >= 0.6 is 0 Å². The van der Waals surface area contributed by atoms with Gasteiger partial charge in [0.25, 0.3) is 5.91 Å². The number of nitrogens with zero attached hydrogens (tertiary/aromatic N) is 2. The van der Waals surface area contributed by atoms with Gasteiger partial charge in [-0.2, -0.15) is 0 Å². The van der Waals surface area contributed by atoms with Gasteiger partial charge in [-0.3, -0.25) is 15.1 Å². The van der Waals surface area contributed by atoms with E-state index in [9.17, 15) is 9.18 Å². The summed E-state index contributed by atoms with van der Waals surface area (Å²) in [5.74, 6) is 2.05. The number of nitrogens with one attached hydrogen (secondary N) is 4. The van der Waals surface area contributed by atoms with Crippen molar-refractivity contribution in [2.75, 3.05) is 6.67 Å². The number of hydrogen-bond donors (Lipinski definition) is 4. The van der Waals surface area contributed by atoms with E-state index in [1.165, 1.54) is 6.20 Å². The first-order valence-electron chi connectivity index (χ1n) is 9.29. The normalized spacial score (nSPS) is 26.3. The second-order valence-corrected chi connectivity index (χ2v) is 6.99. The Morgan fingerprint density at radius 3 is 3.15 bits per heavy atom.